The fourth-order valence-electron chi connectivity index (χ4n) is 2.72. The van der Waals surface area contributed by atoms with Crippen molar-refractivity contribution in [3.63, 3.8) is 0 Å². The Morgan fingerprint density at radius 1 is 1.15 bits per heavy atom. The van der Waals surface area contributed by atoms with E-state index < -0.39 is 10.0 Å². The van der Waals surface area contributed by atoms with E-state index in [0.717, 1.165) is 37.6 Å². The molecule has 2 aromatic carbocycles. The Morgan fingerprint density at radius 3 is 2.46 bits per heavy atom. The fraction of sp³-hybridized carbons (Fsp3) is 0.333. The van der Waals surface area contributed by atoms with Crippen molar-refractivity contribution in [3.8, 4) is 5.75 Å². The SMILES string of the molecule is COc1ccc(S(=O)(=O)NCc2ccc(N3CCOCC3)cc2)cc1Br. The average Bonchev–Trinajstić information content (AvgIpc) is 2.67. The Bertz CT molecular complexity index is 850. The zero-order valence-corrected chi connectivity index (χ0v) is 16.8. The Hall–Kier alpha value is -1.61. The standard InChI is InChI=1S/C18H21BrN2O4S/c1-24-18-7-6-16(12-17(18)19)26(22,23)20-13-14-2-4-15(5-3-14)21-8-10-25-11-9-21/h2-7,12,20H,8-11,13H2,1H3. The molecule has 26 heavy (non-hydrogen) atoms. The van der Waals surface area contributed by atoms with Gasteiger partial charge in [-0.25, -0.2) is 13.1 Å². The van der Waals surface area contributed by atoms with Crippen LogP contribution in [0.3, 0.4) is 0 Å². The van der Waals surface area contributed by atoms with Crippen LogP contribution < -0.4 is 14.4 Å². The predicted octanol–water partition coefficient (Wildman–Crippen LogP) is 2.77. The van der Waals surface area contributed by atoms with Crippen molar-refractivity contribution in [1.29, 1.82) is 0 Å². The summed E-state index contributed by atoms with van der Waals surface area (Å²) in [4.78, 5) is 2.45. The van der Waals surface area contributed by atoms with E-state index >= 15 is 0 Å². The molecular weight excluding hydrogens is 420 g/mol. The third kappa shape index (κ3) is 4.56. The van der Waals surface area contributed by atoms with Crippen LogP contribution in [0.4, 0.5) is 5.69 Å². The molecular formula is C18H21BrN2O4S. The van der Waals surface area contributed by atoms with Gasteiger partial charge in [0.05, 0.1) is 29.7 Å². The maximum atomic E-state index is 12.5. The highest BCUT2D eigenvalue weighted by atomic mass is 79.9. The topological polar surface area (TPSA) is 67.9 Å². The van der Waals surface area contributed by atoms with E-state index in [1.807, 2.05) is 24.3 Å². The van der Waals surface area contributed by atoms with Gasteiger partial charge in [0.25, 0.3) is 0 Å². The number of nitrogens with one attached hydrogen (secondary N) is 1. The van der Waals surface area contributed by atoms with Gasteiger partial charge in [0.15, 0.2) is 0 Å². The molecule has 0 radical (unpaired) electrons. The first-order valence-corrected chi connectivity index (χ1v) is 10.5. The van der Waals surface area contributed by atoms with Crippen molar-refractivity contribution < 1.29 is 17.9 Å². The normalized spacial score (nSPS) is 15.1. The molecule has 140 valence electrons. The Balaban J connectivity index is 1.65. The number of rotatable bonds is 6. The lowest BCUT2D eigenvalue weighted by molar-refractivity contribution is 0.122. The molecule has 1 fully saturated rings. The zero-order chi connectivity index (χ0) is 18.6. The van der Waals surface area contributed by atoms with Crippen LogP contribution in [0, 0.1) is 0 Å². The molecule has 0 atom stereocenters. The van der Waals surface area contributed by atoms with Gasteiger partial charge in [-0.2, -0.15) is 0 Å². The molecule has 1 heterocycles. The van der Waals surface area contributed by atoms with Crippen LogP contribution >= 0.6 is 15.9 Å². The number of ether oxygens (including phenoxy) is 2. The van der Waals surface area contributed by atoms with Crippen LogP contribution in [0.5, 0.6) is 5.75 Å². The van der Waals surface area contributed by atoms with E-state index in [2.05, 4.69) is 25.6 Å². The minimum atomic E-state index is -3.60. The second kappa shape index (κ2) is 8.39. The Morgan fingerprint density at radius 2 is 1.85 bits per heavy atom. The molecule has 8 heteroatoms. The molecule has 0 bridgehead atoms. The smallest absolute Gasteiger partial charge is 0.240 e. The summed E-state index contributed by atoms with van der Waals surface area (Å²) in [5, 5.41) is 0. The van der Waals surface area contributed by atoms with Crippen molar-refractivity contribution in [2.45, 2.75) is 11.4 Å². The third-order valence-corrected chi connectivity index (χ3v) is 6.23. The summed E-state index contributed by atoms with van der Waals surface area (Å²) < 4.78 is 38.7. The number of sulfonamides is 1. The molecule has 0 unspecified atom stereocenters. The van der Waals surface area contributed by atoms with E-state index in [9.17, 15) is 8.42 Å². The first-order valence-electron chi connectivity index (χ1n) is 8.24. The summed E-state index contributed by atoms with van der Waals surface area (Å²) in [5.74, 6) is 0.586. The van der Waals surface area contributed by atoms with Gasteiger partial charge < -0.3 is 14.4 Å². The monoisotopic (exact) mass is 440 g/mol. The molecule has 0 amide bonds. The average molecular weight is 441 g/mol. The van der Waals surface area contributed by atoms with Crippen molar-refractivity contribution in [2.75, 3.05) is 38.3 Å². The third-order valence-electron chi connectivity index (χ3n) is 4.21. The van der Waals surface area contributed by atoms with Crippen LogP contribution in [-0.4, -0.2) is 41.8 Å². The summed E-state index contributed by atoms with van der Waals surface area (Å²) in [6.07, 6.45) is 0. The summed E-state index contributed by atoms with van der Waals surface area (Å²) in [6.45, 7) is 3.45. The second-order valence-electron chi connectivity index (χ2n) is 5.89. The fourth-order valence-corrected chi connectivity index (χ4v) is 4.46. The maximum Gasteiger partial charge on any atom is 0.240 e. The van der Waals surface area contributed by atoms with Gasteiger partial charge in [0.2, 0.25) is 10.0 Å². The molecule has 3 rings (SSSR count). The van der Waals surface area contributed by atoms with Gasteiger partial charge in [-0.1, -0.05) is 12.1 Å². The van der Waals surface area contributed by atoms with Crippen molar-refractivity contribution in [1.82, 2.24) is 4.72 Å². The molecule has 1 aliphatic rings. The van der Waals surface area contributed by atoms with E-state index in [1.165, 1.54) is 19.2 Å². The van der Waals surface area contributed by atoms with Gasteiger partial charge in [-0.3, -0.25) is 0 Å². The first-order chi connectivity index (χ1) is 12.5. The van der Waals surface area contributed by atoms with Gasteiger partial charge in [0, 0.05) is 25.3 Å². The summed E-state index contributed by atoms with van der Waals surface area (Å²) >= 11 is 3.31. The molecule has 2 aromatic rings. The molecule has 1 saturated heterocycles. The summed E-state index contributed by atoms with van der Waals surface area (Å²) in [7, 11) is -2.06. The highest BCUT2D eigenvalue weighted by Gasteiger charge is 2.16. The molecule has 6 nitrogen and oxygen atoms in total. The minimum Gasteiger partial charge on any atom is -0.496 e. The van der Waals surface area contributed by atoms with Crippen LogP contribution in [0.1, 0.15) is 5.56 Å². The number of nitrogens with zero attached hydrogens (tertiary/aromatic N) is 1. The first kappa shape index (κ1) is 19.2. The quantitative estimate of drug-likeness (QED) is 0.747. The van der Waals surface area contributed by atoms with E-state index in [0.29, 0.717) is 10.2 Å². The number of halogens is 1. The molecule has 1 aliphatic heterocycles. The lowest BCUT2D eigenvalue weighted by atomic mass is 10.2. The van der Waals surface area contributed by atoms with E-state index in [4.69, 9.17) is 9.47 Å². The van der Waals surface area contributed by atoms with Crippen LogP contribution in [0.2, 0.25) is 0 Å². The van der Waals surface area contributed by atoms with Crippen LogP contribution in [0.15, 0.2) is 51.8 Å². The number of anilines is 1. The Labute approximate surface area is 162 Å². The molecule has 0 spiro atoms. The summed E-state index contributed by atoms with van der Waals surface area (Å²) in [5.41, 5.74) is 2.03. The van der Waals surface area contributed by atoms with Gasteiger partial charge in [-0.15, -0.1) is 0 Å². The predicted molar refractivity (Wildman–Crippen MR) is 104 cm³/mol. The number of morpholine rings is 1. The van der Waals surface area contributed by atoms with Crippen molar-refractivity contribution in [2.24, 2.45) is 0 Å². The van der Waals surface area contributed by atoms with Gasteiger partial charge in [0.1, 0.15) is 5.75 Å². The molecule has 0 aromatic heterocycles. The Kier molecular flexibility index (Phi) is 6.18. The molecule has 1 N–H and O–H groups in total. The van der Waals surface area contributed by atoms with Crippen LogP contribution in [0.25, 0.3) is 0 Å². The van der Waals surface area contributed by atoms with Crippen molar-refractivity contribution >= 4 is 31.6 Å². The number of hydrogen-bond donors (Lipinski definition) is 1. The highest BCUT2D eigenvalue weighted by molar-refractivity contribution is 9.10. The maximum absolute atomic E-state index is 12.5. The van der Waals surface area contributed by atoms with E-state index in [-0.39, 0.29) is 11.4 Å². The van der Waals surface area contributed by atoms with Crippen molar-refractivity contribution in [3.05, 3.63) is 52.5 Å². The lowest BCUT2D eigenvalue weighted by Crippen LogP contribution is -2.36. The number of methoxy groups -OCH3 is 1. The summed E-state index contributed by atoms with van der Waals surface area (Å²) in [6, 6.07) is 12.6. The van der Waals surface area contributed by atoms with E-state index in [1.54, 1.807) is 6.07 Å². The highest BCUT2D eigenvalue weighted by Crippen LogP contribution is 2.27. The zero-order valence-electron chi connectivity index (χ0n) is 14.4. The van der Waals surface area contributed by atoms with Gasteiger partial charge >= 0.3 is 0 Å². The molecule has 0 saturated carbocycles. The largest absolute Gasteiger partial charge is 0.496 e. The molecule has 0 aliphatic carbocycles. The number of hydrogen-bond acceptors (Lipinski definition) is 5. The van der Waals surface area contributed by atoms with Gasteiger partial charge in [-0.05, 0) is 51.8 Å². The number of benzene rings is 2. The lowest BCUT2D eigenvalue weighted by Gasteiger charge is -2.28. The minimum absolute atomic E-state index is 0.190. The van der Waals surface area contributed by atoms with Crippen LogP contribution in [-0.2, 0) is 21.3 Å². The second-order valence-corrected chi connectivity index (χ2v) is 8.51.